The van der Waals surface area contributed by atoms with Gasteiger partial charge in [-0.1, -0.05) is 70.4 Å². The van der Waals surface area contributed by atoms with Gasteiger partial charge in [0.2, 0.25) is 0 Å². The zero-order valence-electron chi connectivity index (χ0n) is 17.1. The average molecular weight is 362 g/mol. The van der Waals surface area contributed by atoms with Crippen molar-refractivity contribution in [1.29, 1.82) is 5.26 Å². The summed E-state index contributed by atoms with van der Waals surface area (Å²) < 4.78 is 5.11. The number of unbranched alkanes of at least 4 members (excludes halogenated alkanes) is 11. The molecule has 0 fully saturated rings. The number of allylic oxidation sites excluding steroid dienone is 3. The van der Waals surface area contributed by atoms with Gasteiger partial charge in [0.1, 0.15) is 6.61 Å². The number of rotatable bonds is 17. The van der Waals surface area contributed by atoms with Crippen LogP contribution in [-0.2, 0) is 9.53 Å². The van der Waals surface area contributed by atoms with E-state index in [9.17, 15) is 4.79 Å². The van der Waals surface area contributed by atoms with Gasteiger partial charge in [0.05, 0.1) is 6.07 Å². The van der Waals surface area contributed by atoms with Crippen molar-refractivity contribution >= 4 is 5.97 Å². The molecule has 0 saturated heterocycles. The Hall–Kier alpha value is -1.56. The molecule has 0 aromatic heterocycles. The third-order valence-corrected chi connectivity index (χ3v) is 4.41. The van der Waals surface area contributed by atoms with Crippen molar-refractivity contribution in [1.82, 2.24) is 0 Å². The molecule has 0 atom stereocenters. The number of esters is 1. The third-order valence-electron chi connectivity index (χ3n) is 4.41. The van der Waals surface area contributed by atoms with Gasteiger partial charge in [-0.3, -0.25) is 4.79 Å². The number of ether oxygens (including phenoxy) is 1. The lowest BCUT2D eigenvalue weighted by Gasteiger charge is -2.04. The topological polar surface area (TPSA) is 50.1 Å². The van der Waals surface area contributed by atoms with E-state index in [0.29, 0.717) is 6.42 Å². The van der Waals surface area contributed by atoms with E-state index in [1.54, 1.807) is 6.92 Å². The lowest BCUT2D eigenvalue weighted by atomic mass is 10.1. The largest absolute Gasteiger partial charge is 0.461 e. The summed E-state index contributed by atoms with van der Waals surface area (Å²) in [7, 11) is 0. The maximum absolute atomic E-state index is 11.5. The van der Waals surface area contributed by atoms with Crippen LogP contribution in [0.4, 0.5) is 0 Å². The van der Waals surface area contributed by atoms with E-state index in [2.05, 4.69) is 19.1 Å². The van der Waals surface area contributed by atoms with Crippen molar-refractivity contribution in [3.05, 3.63) is 23.8 Å². The van der Waals surface area contributed by atoms with Crippen LogP contribution < -0.4 is 0 Å². The molecule has 0 radical (unpaired) electrons. The normalized spacial score (nSPS) is 11.7. The summed E-state index contributed by atoms with van der Waals surface area (Å²) in [4.78, 5) is 11.5. The van der Waals surface area contributed by atoms with Gasteiger partial charge in [-0.05, 0) is 44.6 Å². The second-order valence-electron chi connectivity index (χ2n) is 7.11. The molecule has 26 heavy (non-hydrogen) atoms. The first-order chi connectivity index (χ1) is 12.7. The van der Waals surface area contributed by atoms with Gasteiger partial charge in [0, 0.05) is 12.5 Å². The molecular weight excluding hydrogens is 322 g/mol. The number of hydrogen-bond acceptors (Lipinski definition) is 3. The van der Waals surface area contributed by atoms with Crippen LogP contribution in [-0.4, -0.2) is 12.6 Å². The quantitative estimate of drug-likeness (QED) is 0.121. The van der Waals surface area contributed by atoms with Crippen molar-refractivity contribution in [2.45, 2.75) is 104 Å². The van der Waals surface area contributed by atoms with Gasteiger partial charge >= 0.3 is 5.97 Å². The Balaban J connectivity index is 3.30. The van der Waals surface area contributed by atoms with Crippen LogP contribution in [0.5, 0.6) is 0 Å². The Kier molecular flexibility index (Phi) is 18.6. The minimum atomic E-state index is -0.159. The highest BCUT2D eigenvalue weighted by molar-refractivity contribution is 5.69. The molecule has 0 heterocycles. The molecule has 0 unspecified atom stereocenters. The first kappa shape index (κ1) is 24.4. The Morgan fingerprint density at radius 2 is 1.42 bits per heavy atom. The van der Waals surface area contributed by atoms with Gasteiger partial charge in [0.25, 0.3) is 0 Å². The van der Waals surface area contributed by atoms with Crippen LogP contribution in [0.1, 0.15) is 104 Å². The highest BCUT2D eigenvalue weighted by atomic mass is 16.5. The SMILES string of the molecule is CCCCCCCC/C=C\CCCCCCCC(=O)OC/C(C)=C/C#N. The third kappa shape index (κ3) is 18.8. The molecule has 0 saturated carbocycles. The molecule has 0 rings (SSSR count). The maximum atomic E-state index is 11.5. The fourth-order valence-corrected chi connectivity index (χ4v) is 2.76. The van der Waals surface area contributed by atoms with Crippen LogP contribution in [0, 0.1) is 11.3 Å². The summed E-state index contributed by atoms with van der Waals surface area (Å²) in [6, 6.07) is 1.93. The molecule has 0 N–H and O–H groups in total. The fraction of sp³-hybridized carbons (Fsp3) is 0.739. The molecule has 3 nitrogen and oxygen atoms in total. The molecule has 0 bridgehead atoms. The molecule has 0 spiro atoms. The Morgan fingerprint density at radius 3 is 2.00 bits per heavy atom. The summed E-state index contributed by atoms with van der Waals surface area (Å²) in [5, 5.41) is 8.48. The van der Waals surface area contributed by atoms with E-state index in [0.717, 1.165) is 18.4 Å². The number of nitrogens with zero attached hydrogens (tertiary/aromatic N) is 1. The Bertz CT molecular complexity index is 432. The Morgan fingerprint density at radius 1 is 0.885 bits per heavy atom. The van der Waals surface area contributed by atoms with Crippen molar-refractivity contribution in [2.75, 3.05) is 6.61 Å². The van der Waals surface area contributed by atoms with Crippen molar-refractivity contribution < 1.29 is 9.53 Å². The minimum absolute atomic E-state index is 0.159. The number of carbonyl (C=O) groups excluding carboxylic acids is 1. The molecule has 0 aliphatic heterocycles. The average Bonchev–Trinajstić information content (AvgIpc) is 2.63. The predicted octanol–water partition coefficient (Wildman–Crippen LogP) is 7.04. The van der Waals surface area contributed by atoms with Crippen molar-refractivity contribution in [3.63, 3.8) is 0 Å². The van der Waals surface area contributed by atoms with E-state index in [4.69, 9.17) is 10.00 Å². The Labute approximate surface area is 161 Å². The summed E-state index contributed by atoms with van der Waals surface area (Å²) in [5.74, 6) is -0.159. The van der Waals surface area contributed by atoms with Crippen LogP contribution >= 0.6 is 0 Å². The van der Waals surface area contributed by atoms with Gasteiger partial charge in [-0.15, -0.1) is 0 Å². The number of nitriles is 1. The molecule has 0 aliphatic carbocycles. The standard InChI is InChI=1S/C23H39NO2/c1-3-4-5-6-7-8-9-10-11-12-13-14-15-16-17-18-23(25)26-21-22(2)19-20-24/h10-11,19H,3-9,12-18,21H2,1-2H3/b11-10-,22-19+. The minimum Gasteiger partial charge on any atom is -0.461 e. The number of hydrogen-bond donors (Lipinski definition) is 0. The van der Waals surface area contributed by atoms with E-state index >= 15 is 0 Å². The summed E-state index contributed by atoms with van der Waals surface area (Å²) in [6.07, 6.45) is 22.9. The van der Waals surface area contributed by atoms with Crippen molar-refractivity contribution in [2.24, 2.45) is 0 Å². The second kappa shape index (κ2) is 19.8. The maximum Gasteiger partial charge on any atom is 0.306 e. The second-order valence-corrected chi connectivity index (χ2v) is 7.11. The van der Waals surface area contributed by atoms with Crippen LogP contribution in [0.3, 0.4) is 0 Å². The smallest absolute Gasteiger partial charge is 0.306 e. The van der Waals surface area contributed by atoms with E-state index in [-0.39, 0.29) is 12.6 Å². The zero-order valence-corrected chi connectivity index (χ0v) is 17.1. The van der Waals surface area contributed by atoms with Crippen LogP contribution in [0.15, 0.2) is 23.8 Å². The van der Waals surface area contributed by atoms with Gasteiger partial charge in [0.15, 0.2) is 0 Å². The highest BCUT2D eigenvalue weighted by Crippen LogP contribution is 2.10. The van der Waals surface area contributed by atoms with E-state index < -0.39 is 0 Å². The van der Waals surface area contributed by atoms with Gasteiger partial charge < -0.3 is 4.74 Å². The molecule has 0 amide bonds. The lowest BCUT2D eigenvalue weighted by Crippen LogP contribution is -2.06. The molecule has 0 aromatic rings. The van der Waals surface area contributed by atoms with Crippen molar-refractivity contribution in [3.8, 4) is 6.07 Å². The molecule has 148 valence electrons. The summed E-state index contributed by atoms with van der Waals surface area (Å²) in [6.45, 7) is 4.28. The van der Waals surface area contributed by atoms with Crippen LogP contribution in [0.25, 0.3) is 0 Å². The summed E-state index contributed by atoms with van der Waals surface area (Å²) in [5.41, 5.74) is 0.783. The monoisotopic (exact) mass is 361 g/mol. The van der Waals surface area contributed by atoms with Gasteiger partial charge in [-0.25, -0.2) is 0 Å². The molecule has 0 aliphatic rings. The highest BCUT2D eigenvalue weighted by Gasteiger charge is 2.02. The lowest BCUT2D eigenvalue weighted by molar-refractivity contribution is -0.142. The fourth-order valence-electron chi connectivity index (χ4n) is 2.76. The van der Waals surface area contributed by atoms with E-state index in [1.165, 1.54) is 76.7 Å². The first-order valence-electron chi connectivity index (χ1n) is 10.6. The molecule has 3 heteroatoms. The number of carbonyl (C=O) groups is 1. The van der Waals surface area contributed by atoms with E-state index in [1.807, 2.05) is 6.07 Å². The molecular formula is C23H39NO2. The molecule has 0 aromatic carbocycles. The first-order valence-corrected chi connectivity index (χ1v) is 10.6. The van der Waals surface area contributed by atoms with Crippen LogP contribution in [0.2, 0.25) is 0 Å². The zero-order chi connectivity index (χ0) is 19.3. The predicted molar refractivity (Wildman–Crippen MR) is 110 cm³/mol. The van der Waals surface area contributed by atoms with Gasteiger partial charge in [-0.2, -0.15) is 5.26 Å². The summed E-state index contributed by atoms with van der Waals surface area (Å²) >= 11 is 0.